The van der Waals surface area contributed by atoms with Crippen molar-refractivity contribution in [3.8, 4) is 0 Å². The van der Waals surface area contributed by atoms with Gasteiger partial charge in [0.05, 0.1) is 6.54 Å². The van der Waals surface area contributed by atoms with E-state index in [9.17, 15) is 0 Å². The average Bonchev–Trinajstić information content (AvgIpc) is 2.71. The van der Waals surface area contributed by atoms with Crippen molar-refractivity contribution in [1.29, 1.82) is 0 Å². The Hall–Kier alpha value is -0.740. The average molecular weight is 533 g/mol. The summed E-state index contributed by atoms with van der Waals surface area (Å²) in [4.78, 5) is 16.9. The number of aliphatic imine (C=N–C) groups is 1. The number of hydrogen-bond donors (Lipinski definition) is 1. The minimum atomic E-state index is 0. The lowest BCUT2D eigenvalue weighted by atomic mass is 10.2. The molecule has 2 aliphatic rings. The molecule has 0 amide bonds. The maximum atomic E-state index is 4.90. The predicted octanol–water partition coefficient (Wildman–Crippen LogP) is 3.13. The number of likely N-dealkylation sites (N-methyl/N-ethyl adjacent to an activating group) is 1. The zero-order chi connectivity index (χ0) is 20.0. The third kappa shape index (κ3) is 7.17. The first kappa shape index (κ1) is 24.5. The second-order valence-electron chi connectivity index (χ2n) is 8.15. The van der Waals surface area contributed by atoms with E-state index in [0.717, 1.165) is 75.5 Å². The summed E-state index contributed by atoms with van der Waals surface area (Å²) in [5.74, 6) is 3.26. The Morgan fingerprint density at radius 3 is 2.52 bits per heavy atom. The molecule has 0 spiro atoms. The number of rotatable bonds is 5. The fraction of sp³-hybridized carbons (Fsp3) is 0.714. The fourth-order valence-electron chi connectivity index (χ4n) is 3.78. The molecule has 1 N–H and O–H groups in total. The number of nitrogens with one attached hydrogen (secondary N) is 1. The van der Waals surface area contributed by atoms with Gasteiger partial charge in [-0.3, -0.25) is 0 Å². The molecule has 0 atom stereocenters. The summed E-state index contributed by atoms with van der Waals surface area (Å²) >= 11 is 2.05. The Balaban J connectivity index is 0.00000300. The van der Waals surface area contributed by atoms with Crippen molar-refractivity contribution >= 4 is 47.5 Å². The monoisotopic (exact) mass is 532 g/mol. The lowest BCUT2D eigenvalue weighted by Gasteiger charge is -2.39. The first-order chi connectivity index (χ1) is 13.5. The molecule has 0 bridgehead atoms. The van der Waals surface area contributed by atoms with Crippen molar-refractivity contribution in [3.05, 3.63) is 23.9 Å². The van der Waals surface area contributed by atoms with Crippen molar-refractivity contribution in [2.75, 3.05) is 63.0 Å². The van der Waals surface area contributed by atoms with Gasteiger partial charge in [0.1, 0.15) is 5.82 Å². The Labute approximate surface area is 197 Å². The van der Waals surface area contributed by atoms with E-state index < -0.39 is 0 Å². The minimum Gasteiger partial charge on any atom is -0.357 e. The smallest absolute Gasteiger partial charge is 0.194 e. The highest BCUT2D eigenvalue weighted by Crippen LogP contribution is 2.29. The minimum absolute atomic E-state index is 0. The summed E-state index contributed by atoms with van der Waals surface area (Å²) in [6.45, 7) is 18.2. The normalized spacial score (nSPS) is 20.3. The number of pyridine rings is 1. The number of thioether (sulfide) groups is 1. The molecule has 0 aliphatic carbocycles. The van der Waals surface area contributed by atoms with Gasteiger partial charge in [-0.25, -0.2) is 9.98 Å². The van der Waals surface area contributed by atoms with Crippen LogP contribution in [0.4, 0.5) is 5.82 Å². The molecule has 2 fully saturated rings. The molecular weight excluding hydrogens is 495 g/mol. The van der Waals surface area contributed by atoms with E-state index in [4.69, 9.17) is 9.98 Å². The van der Waals surface area contributed by atoms with E-state index in [1.807, 2.05) is 18.0 Å². The molecule has 29 heavy (non-hydrogen) atoms. The van der Waals surface area contributed by atoms with Crippen molar-refractivity contribution < 1.29 is 0 Å². The second kappa shape index (κ2) is 11.6. The summed E-state index contributed by atoms with van der Waals surface area (Å²) in [6, 6.07) is 4.33. The highest BCUT2D eigenvalue weighted by Gasteiger charge is 2.28. The molecule has 2 saturated heterocycles. The fourth-order valence-corrected chi connectivity index (χ4v) is 4.89. The summed E-state index contributed by atoms with van der Waals surface area (Å²) in [5, 5.41) is 3.47. The van der Waals surface area contributed by atoms with E-state index >= 15 is 0 Å². The van der Waals surface area contributed by atoms with Gasteiger partial charge >= 0.3 is 0 Å². The number of aromatic nitrogens is 1. The Bertz CT molecular complexity index is 643. The van der Waals surface area contributed by atoms with E-state index in [0.29, 0.717) is 6.54 Å². The number of anilines is 1. The van der Waals surface area contributed by atoms with Gasteiger partial charge in [0.15, 0.2) is 5.96 Å². The number of halogens is 1. The van der Waals surface area contributed by atoms with E-state index in [-0.39, 0.29) is 28.7 Å². The quantitative estimate of drug-likeness (QED) is 0.357. The van der Waals surface area contributed by atoms with Crippen LogP contribution in [0.5, 0.6) is 0 Å². The van der Waals surface area contributed by atoms with Gasteiger partial charge in [-0.15, -0.1) is 24.0 Å². The maximum absolute atomic E-state index is 4.90. The van der Waals surface area contributed by atoms with E-state index in [1.165, 1.54) is 0 Å². The van der Waals surface area contributed by atoms with Crippen molar-refractivity contribution in [2.45, 2.75) is 39.0 Å². The van der Waals surface area contributed by atoms with Gasteiger partial charge in [0, 0.05) is 62.5 Å². The van der Waals surface area contributed by atoms with E-state index in [1.54, 1.807) is 0 Å². The highest BCUT2D eigenvalue weighted by molar-refractivity contribution is 14.0. The molecule has 8 heteroatoms. The highest BCUT2D eigenvalue weighted by atomic mass is 127. The van der Waals surface area contributed by atoms with Crippen LogP contribution in [0.15, 0.2) is 23.3 Å². The van der Waals surface area contributed by atoms with Crippen LogP contribution in [-0.2, 0) is 6.54 Å². The predicted molar refractivity (Wildman–Crippen MR) is 137 cm³/mol. The Kier molecular flexibility index (Phi) is 9.81. The summed E-state index contributed by atoms with van der Waals surface area (Å²) < 4.78 is 0.277. The van der Waals surface area contributed by atoms with Crippen LogP contribution in [0.3, 0.4) is 0 Å². The molecule has 0 saturated carbocycles. The lowest BCUT2D eigenvalue weighted by Crippen LogP contribution is -2.50. The summed E-state index contributed by atoms with van der Waals surface area (Å²) in [6.07, 6.45) is 1.99. The first-order valence-electron chi connectivity index (χ1n) is 10.6. The van der Waals surface area contributed by atoms with E-state index in [2.05, 4.69) is 59.8 Å². The third-order valence-electron chi connectivity index (χ3n) is 5.42. The molecule has 0 aromatic carbocycles. The van der Waals surface area contributed by atoms with Crippen molar-refractivity contribution in [3.63, 3.8) is 0 Å². The van der Waals surface area contributed by atoms with Crippen LogP contribution in [0.25, 0.3) is 0 Å². The largest absolute Gasteiger partial charge is 0.357 e. The lowest BCUT2D eigenvalue weighted by molar-refractivity contribution is 0.270. The van der Waals surface area contributed by atoms with Gasteiger partial charge in [-0.2, -0.15) is 11.8 Å². The Morgan fingerprint density at radius 1 is 1.17 bits per heavy atom. The zero-order valence-corrected chi connectivity index (χ0v) is 21.5. The summed E-state index contributed by atoms with van der Waals surface area (Å²) in [5.41, 5.74) is 1.16. The molecule has 3 heterocycles. The molecule has 0 unspecified atom stereocenters. The topological polar surface area (TPSA) is 47.0 Å². The number of nitrogens with zero attached hydrogens (tertiary/aromatic N) is 5. The van der Waals surface area contributed by atoms with Gasteiger partial charge in [-0.05, 0) is 38.9 Å². The number of piperazine rings is 1. The molecular formula is C21H37IN6S. The van der Waals surface area contributed by atoms with Gasteiger partial charge in [0.2, 0.25) is 0 Å². The third-order valence-corrected chi connectivity index (χ3v) is 6.72. The number of guanidine groups is 1. The maximum Gasteiger partial charge on any atom is 0.194 e. The molecule has 1 aromatic heterocycles. The zero-order valence-electron chi connectivity index (χ0n) is 18.4. The molecule has 2 aliphatic heterocycles. The van der Waals surface area contributed by atoms with Crippen LogP contribution in [-0.4, -0.2) is 83.6 Å². The number of hydrogen-bond acceptors (Lipinski definition) is 5. The summed E-state index contributed by atoms with van der Waals surface area (Å²) in [7, 11) is 0. The molecule has 3 rings (SSSR count). The van der Waals surface area contributed by atoms with Gasteiger partial charge < -0.3 is 20.0 Å². The Morgan fingerprint density at radius 2 is 1.93 bits per heavy atom. The molecule has 0 radical (unpaired) electrons. The second-order valence-corrected chi connectivity index (χ2v) is 9.95. The first-order valence-corrected chi connectivity index (χ1v) is 11.6. The van der Waals surface area contributed by atoms with Crippen molar-refractivity contribution in [2.24, 2.45) is 4.99 Å². The van der Waals surface area contributed by atoms with Crippen LogP contribution in [0, 0.1) is 0 Å². The van der Waals surface area contributed by atoms with Crippen LogP contribution in [0.1, 0.15) is 33.3 Å². The molecule has 1 aromatic rings. The van der Waals surface area contributed by atoms with Crippen molar-refractivity contribution in [1.82, 2.24) is 20.1 Å². The van der Waals surface area contributed by atoms with Gasteiger partial charge in [-0.1, -0.05) is 13.0 Å². The van der Waals surface area contributed by atoms with Crippen LogP contribution >= 0.6 is 35.7 Å². The molecule has 164 valence electrons. The molecule has 6 nitrogen and oxygen atoms in total. The standard InChI is InChI=1S/C21H36N6S.HI/c1-5-22-20(27-13-14-28-21(3,4)17-27)24-16-18-7-8-19(23-15-18)26-11-9-25(6-2)10-12-26;/h7-8,15H,5-6,9-14,16-17H2,1-4H3,(H,22,24);1H. The van der Waals surface area contributed by atoms with Gasteiger partial charge in [0.25, 0.3) is 0 Å². The SMILES string of the molecule is CCNC(=NCc1ccc(N2CCN(CC)CC2)nc1)N1CCSC(C)(C)C1.I. The van der Waals surface area contributed by atoms with Crippen LogP contribution in [0.2, 0.25) is 0 Å². The van der Waals surface area contributed by atoms with Crippen LogP contribution < -0.4 is 10.2 Å².